The summed E-state index contributed by atoms with van der Waals surface area (Å²) in [7, 11) is 1.31. The number of anilines is 1. The van der Waals surface area contributed by atoms with Crippen LogP contribution in [0.1, 0.15) is 5.56 Å². The Morgan fingerprint density at radius 2 is 2.15 bits per heavy atom. The Bertz CT molecular complexity index is 636. The molecule has 0 spiro atoms. The van der Waals surface area contributed by atoms with Crippen LogP contribution in [-0.2, 0) is 16.1 Å². The van der Waals surface area contributed by atoms with Crippen molar-refractivity contribution >= 4 is 29.6 Å². The molecule has 0 radical (unpaired) electrons. The van der Waals surface area contributed by atoms with Gasteiger partial charge in [0.1, 0.15) is 0 Å². The topological polar surface area (TPSA) is 95.9 Å². The van der Waals surface area contributed by atoms with Crippen molar-refractivity contribution in [3.8, 4) is 0 Å². The molecule has 0 saturated carbocycles. The SMILES string of the molecule is COC(=O)/C(=C/c1ccc(Cl)cc1)Cn1nnnc1N. The molecule has 0 aliphatic rings. The van der Waals surface area contributed by atoms with Crippen molar-refractivity contribution in [2.75, 3.05) is 12.8 Å². The zero-order valence-corrected chi connectivity index (χ0v) is 11.4. The molecule has 8 heteroatoms. The smallest absolute Gasteiger partial charge is 0.335 e. The summed E-state index contributed by atoms with van der Waals surface area (Å²) in [6, 6.07) is 7.03. The zero-order valence-electron chi connectivity index (χ0n) is 10.7. The molecule has 0 saturated heterocycles. The van der Waals surface area contributed by atoms with Crippen LogP contribution in [0.4, 0.5) is 5.95 Å². The van der Waals surface area contributed by atoms with Crippen LogP contribution in [0.5, 0.6) is 0 Å². The Labute approximate surface area is 120 Å². The number of nitrogens with two attached hydrogens (primary N) is 1. The average molecular weight is 294 g/mol. The fraction of sp³-hybridized carbons (Fsp3) is 0.167. The van der Waals surface area contributed by atoms with E-state index >= 15 is 0 Å². The minimum Gasteiger partial charge on any atom is -0.466 e. The summed E-state index contributed by atoms with van der Waals surface area (Å²) in [5.74, 6) is -0.356. The molecule has 0 unspecified atom stereocenters. The van der Waals surface area contributed by atoms with Gasteiger partial charge in [0.05, 0.1) is 19.2 Å². The molecule has 104 valence electrons. The highest BCUT2D eigenvalue weighted by molar-refractivity contribution is 6.30. The summed E-state index contributed by atoms with van der Waals surface area (Å²) in [5.41, 5.74) is 6.75. The van der Waals surface area contributed by atoms with Gasteiger partial charge in [-0.25, -0.2) is 9.48 Å². The second-order valence-corrected chi connectivity index (χ2v) is 4.34. The summed E-state index contributed by atoms with van der Waals surface area (Å²) in [6.45, 7) is 0.119. The molecule has 0 atom stereocenters. The fourth-order valence-electron chi connectivity index (χ4n) is 1.55. The van der Waals surface area contributed by atoms with Crippen LogP contribution in [0.15, 0.2) is 29.8 Å². The highest BCUT2D eigenvalue weighted by Gasteiger charge is 2.13. The second-order valence-electron chi connectivity index (χ2n) is 3.91. The lowest BCUT2D eigenvalue weighted by molar-refractivity contribution is -0.136. The number of ether oxygens (including phenoxy) is 1. The number of rotatable bonds is 4. The minimum absolute atomic E-state index is 0.119. The van der Waals surface area contributed by atoms with Gasteiger partial charge in [-0.2, -0.15) is 0 Å². The molecule has 2 N–H and O–H groups in total. The summed E-state index contributed by atoms with van der Waals surface area (Å²) in [4.78, 5) is 11.8. The van der Waals surface area contributed by atoms with Crippen molar-refractivity contribution in [3.63, 3.8) is 0 Å². The summed E-state index contributed by atoms with van der Waals surface area (Å²) >= 11 is 5.81. The van der Waals surface area contributed by atoms with E-state index in [0.717, 1.165) is 5.56 Å². The van der Waals surface area contributed by atoms with Gasteiger partial charge in [-0.3, -0.25) is 0 Å². The molecule has 0 aliphatic carbocycles. The Hall–Kier alpha value is -2.41. The van der Waals surface area contributed by atoms with E-state index in [1.807, 2.05) is 0 Å². The van der Waals surface area contributed by atoms with Crippen molar-refractivity contribution in [3.05, 3.63) is 40.4 Å². The molecule has 1 heterocycles. The van der Waals surface area contributed by atoms with Crippen LogP contribution in [-0.4, -0.2) is 33.3 Å². The Morgan fingerprint density at radius 3 is 2.70 bits per heavy atom. The van der Waals surface area contributed by atoms with E-state index in [9.17, 15) is 4.79 Å². The maximum absolute atomic E-state index is 11.8. The molecule has 20 heavy (non-hydrogen) atoms. The van der Waals surface area contributed by atoms with Gasteiger partial charge >= 0.3 is 5.97 Å². The van der Waals surface area contributed by atoms with Crippen molar-refractivity contribution < 1.29 is 9.53 Å². The molecule has 2 aromatic rings. The van der Waals surface area contributed by atoms with Crippen LogP contribution >= 0.6 is 11.6 Å². The van der Waals surface area contributed by atoms with Crippen LogP contribution in [0, 0.1) is 0 Å². The molecule has 2 rings (SSSR count). The van der Waals surface area contributed by atoms with Crippen LogP contribution in [0.2, 0.25) is 5.02 Å². The lowest BCUT2D eigenvalue weighted by Gasteiger charge is -2.06. The molecular formula is C12H12ClN5O2. The molecule has 1 aromatic heterocycles. The quantitative estimate of drug-likeness (QED) is 0.671. The van der Waals surface area contributed by atoms with Crippen molar-refractivity contribution in [2.45, 2.75) is 6.54 Å². The van der Waals surface area contributed by atoms with E-state index in [0.29, 0.717) is 10.6 Å². The number of halogens is 1. The second kappa shape index (κ2) is 6.16. The van der Waals surface area contributed by atoms with E-state index in [1.165, 1.54) is 11.8 Å². The molecule has 0 bridgehead atoms. The van der Waals surface area contributed by atoms with Gasteiger partial charge in [0, 0.05) is 5.02 Å². The van der Waals surface area contributed by atoms with Crippen LogP contribution < -0.4 is 5.73 Å². The minimum atomic E-state index is -0.477. The van der Waals surface area contributed by atoms with Gasteiger partial charge in [0.15, 0.2) is 0 Å². The van der Waals surface area contributed by atoms with Crippen molar-refractivity contribution in [1.82, 2.24) is 20.2 Å². The number of nitrogens with zero attached hydrogens (tertiary/aromatic N) is 4. The number of methoxy groups -OCH3 is 1. The first-order valence-electron chi connectivity index (χ1n) is 5.66. The third kappa shape index (κ3) is 3.33. The number of hydrogen-bond donors (Lipinski definition) is 1. The first-order chi connectivity index (χ1) is 9.60. The molecule has 0 aliphatic heterocycles. The van der Waals surface area contributed by atoms with E-state index in [1.54, 1.807) is 30.3 Å². The standard InChI is InChI=1S/C12H12ClN5O2/c1-20-11(19)9(7-18-12(14)15-16-17-18)6-8-2-4-10(13)5-3-8/h2-6H,7H2,1H3,(H2,14,15,17)/b9-6+. The summed E-state index contributed by atoms with van der Waals surface area (Å²) in [5, 5.41) is 11.3. The molecule has 7 nitrogen and oxygen atoms in total. The highest BCUT2D eigenvalue weighted by atomic mass is 35.5. The van der Waals surface area contributed by atoms with Crippen molar-refractivity contribution in [2.24, 2.45) is 0 Å². The number of esters is 1. The number of tetrazole rings is 1. The van der Waals surface area contributed by atoms with Crippen molar-refractivity contribution in [1.29, 1.82) is 0 Å². The van der Waals surface area contributed by atoms with Gasteiger partial charge in [0.2, 0.25) is 5.95 Å². The predicted octanol–water partition coefficient (Wildman–Crippen LogP) is 1.17. The van der Waals surface area contributed by atoms with Gasteiger partial charge in [-0.1, -0.05) is 28.8 Å². The van der Waals surface area contributed by atoms with Gasteiger partial charge in [-0.15, -0.1) is 0 Å². The Balaban J connectivity index is 2.30. The largest absolute Gasteiger partial charge is 0.466 e. The number of nitrogen functional groups attached to an aromatic ring is 1. The van der Waals surface area contributed by atoms with E-state index in [-0.39, 0.29) is 12.5 Å². The molecule has 0 amide bonds. The Kier molecular flexibility index (Phi) is 4.31. The first-order valence-corrected chi connectivity index (χ1v) is 6.04. The molecular weight excluding hydrogens is 282 g/mol. The number of hydrogen-bond acceptors (Lipinski definition) is 6. The zero-order chi connectivity index (χ0) is 14.5. The van der Waals surface area contributed by atoms with Crippen LogP contribution in [0.25, 0.3) is 6.08 Å². The average Bonchev–Trinajstić information content (AvgIpc) is 2.85. The third-order valence-electron chi connectivity index (χ3n) is 2.54. The van der Waals surface area contributed by atoms with E-state index in [2.05, 4.69) is 15.5 Å². The van der Waals surface area contributed by atoms with Gasteiger partial charge in [0.25, 0.3) is 0 Å². The first kappa shape index (κ1) is 14.0. The van der Waals surface area contributed by atoms with Gasteiger partial charge in [-0.05, 0) is 34.2 Å². The van der Waals surface area contributed by atoms with Gasteiger partial charge < -0.3 is 10.5 Å². The number of benzene rings is 1. The van der Waals surface area contributed by atoms with E-state index < -0.39 is 5.97 Å². The predicted molar refractivity (Wildman–Crippen MR) is 73.7 cm³/mol. The van der Waals surface area contributed by atoms with E-state index in [4.69, 9.17) is 22.1 Å². The third-order valence-corrected chi connectivity index (χ3v) is 2.79. The molecule has 0 fully saturated rings. The lowest BCUT2D eigenvalue weighted by Crippen LogP contribution is -2.14. The summed E-state index contributed by atoms with van der Waals surface area (Å²) < 4.78 is 6.05. The monoisotopic (exact) mass is 293 g/mol. The normalized spacial score (nSPS) is 11.4. The number of aromatic nitrogens is 4. The van der Waals surface area contributed by atoms with Crippen LogP contribution in [0.3, 0.4) is 0 Å². The number of carbonyl (C=O) groups excluding carboxylic acids is 1. The molecule has 1 aromatic carbocycles. The highest BCUT2D eigenvalue weighted by Crippen LogP contribution is 2.14. The summed E-state index contributed by atoms with van der Waals surface area (Å²) in [6.07, 6.45) is 1.67. The maximum Gasteiger partial charge on any atom is 0.335 e. The Morgan fingerprint density at radius 1 is 1.45 bits per heavy atom. The maximum atomic E-state index is 11.8. The fourth-order valence-corrected chi connectivity index (χ4v) is 1.67. The lowest BCUT2D eigenvalue weighted by atomic mass is 10.1. The number of carbonyl (C=O) groups is 1.